The molecule has 0 unspecified atom stereocenters. The van der Waals surface area contributed by atoms with Crippen LogP contribution in [0.5, 0.6) is 5.75 Å². The number of rotatable bonds is 3. The zero-order valence-electron chi connectivity index (χ0n) is 9.05. The highest BCUT2D eigenvalue weighted by molar-refractivity contribution is 5.69. The van der Waals surface area contributed by atoms with E-state index in [4.69, 9.17) is 9.84 Å². The number of nitrogens with zero attached hydrogens (tertiary/aromatic N) is 1. The Hall–Kier alpha value is -1.87. The first-order valence-corrected chi connectivity index (χ1v) is 5.04. The Balaban J connectivity index is 2.49. The number of methoxy groups -OCH3 is 1. The topological polar surface area (TPSA) is 42.4 Å². The first-order chi connectivity index (χ1) is 7.85. The lowest BCUT2D eigenvalue weighted by molar-refractivity contribution is 0.276. The molecule has 0 radical (unpaired) electrons. The molecule has 0 aliphatic rings. The molecule has 0 fully saturated rings. The van der Waals surface area contributed by atoms with Crippen molar-refractivity contribution in [2.45, 2.75) is 6.61 Å². The maximum Gasteiger partial charge on any atom is 0.130 e. The Kier molecular flexibility index (Phi) is 3.17. The molecule has 2 aromatic rings. The van der Waals surface area contributed by atoms with Crippen molar-refractivity contribution < 1.29 is 9.84 Å². The first-order valence-electron chi connectivity index (χ1n) is 5.04. The van der Waals surface area contributed by atoms with Gasteiger partial charge in [-0.2, -0.15) is 0 Å². The van der Waals surface area contributed by atoms with Crippen molar-refractivity contribution >= 4 is 0 Å². The molecular formula is C13H13NO2. The van der Waals surface area contributed by atoms with Gasteiger partial charge in [-0.15, -0.1) is 0 Å². The van der Waals surface area contributed by atoms with Crippen molar-refractivity contribution in [2.75, 3.05) is 7.11 Å². The Morgan fingerprint density at radius 1 is 1.25 bits per heavy atom. The minimum Gasteiger partial charge on any atom is -0.496 e. The average molecular weight is 215 g/mol. The van der Waals surface area contributed by atoms with Gasteiger partial charge in [-0.1, -0.05) is 30.3 Å². The van der Waals surface area contributed by atoms with Gasteiger partial charge in [0, 0.05) is 17.8 Å². The van der Waals surface area contributed by atoms with E-state index >= 15 is 0 Å². The second kappa shape index (κ2) is 4.77. The molecule has 16 heavy (non-hydrogen) atoms. The number of hydrogen-bond donors (Lipinski definition) is 1. The molecule has 0 aliphatic heterocycles. The summed E-state index contributed by atoms with van der Waals surface area (Å²) in [5.74, 6) is 0.727. The zero-order chi connectivity index (χ0) is 11.4. The Labute approximate surface area is 94.3 Å². The van der Waals surface area contributed by atoms with E-state index < -0.39 is 0 Å². The third-order valence-corrected chi connectivity index (χ3v) is 2.39. The minimum atomic E-state index is -0.0779. The van der Waals surface area contributed by atoms with Gasteiger partial charge in [0.15, 0.2) is 0 Å². The van der Waals surface area contributed by atoms with Crippen LogP contribution in [0.15, 0.2) is 42.6 Å². The number of pyridine rings is 1. The molecule has 0 aliphatic carbocycles. The third-order valence-electron chi connectivity index (χ3n) is 2.39. The van der Waals surface area contributed by atoms with E-state index in [1.165, 1.54) is 0 Å². The van der Waals surface area contributed by atoms with Crippen molar-refractivity contribution in [1.82, 2.24) is 4.98 Å². The highest BCUT2D eigenvalue weighted by Gasteiger charge is 2.06. The number of ether oxygens (including phenoxy) is 1. The number of aromatic nitrogens is 1. The molecule has 1 N–H and O–H groups in total. The van der Waals surface area contributed by atoms with Gasteiger partial charge in [0.05, 0.1) is 19.4 Å². The molecule has 0 saturated heterocycles. The van der Waals surface area contributed by atoms with Crippen LogP contribution in [0.3, 0.4) is 0 Å². The summed E-state index contributed by atoms with van der Waals surface area (Å²) in [5.41, 5.74) is 2.59. The fourth-order valence-electron chi connectivity index (χ4n) is 1.57. The average Bonchev–Trinajstić information content (AvgIpc) is 2.39. The standard InChI is InChI=1S/C13H13NO2/c1-16-13-7-11(9-15)14-8-12(13)10-5-3-2-4-6-10/h2-8,15H,9H2,1H3. The summed E-state index contributed by atoms with van der Waals surface area (Å²) in [5, 5.41) is 9.00. The molecule has 0 atom stereocenters. The molecule has 0 spiro atoms. The van der Waals surface area contributed by atoms with Crippen molar-refractivity contribution in [3.63, 3.8) is 0 Å². The Morgan fingerprint density at radius 3 is 2.62 bits per heavy atom. The maximum atomic E-state index is 9.00. The van der Waals surface area contributed by atoms with Crippen LogP contribution in [0.4, 0.5) is 0 Å². The van der Waals surface area contributed by atoms with Gasteiger partial charge in [0.1, 0.15) is 5.75 Å². The normalized spacial score (nSPS) is 10.1. The van der Waals surface area contributed by atoms with Gasteiger partial charge in [-0.3, -0.25) is 4.98 Å². The zero-order valence-corrected chi connectivity index (χ0v) is 9.05. The molecule has 3 nitrogen and oxygen atoms in total. The first kappa shape index (κ1) is 10.6. The summed E-state index contributed by atoms with van der Waals surface area (Å²) in [4.78, 5) is 4.15. The highest BCUT2D eigenvalue weighted by Crippen LogP contribution is 2.29. The summed E-state index contributed by atoms with van der Waals surface area (Å²) >= 11 is 0. The molecule has 0 amide bonds. The second-order valence-corrected chi connectivity index (χ2v) is 3.40. The van der Waals surface area contributed by atoms with Gasteiger partial charge in [0.25, 0.3) is 0 Å². The summed E-state index contributed by atoms with van der Waals surface area (Å²) in [6.45, 7) is -0.0779. The Bertz CT molecular complexity index is 469. The summed E-state index contributed by atoms with van der Waals surface area (Å²) in [6.07, 6.45) is 1.72. The van der Waals surface area contributed by atoms with Crippen molar-refractivity contribution in [2.24, 2.45) is 0 Å². The molecule has 0 bridgehead atoms. The van der Waals surface area contributed by atoms with Crippen LogP contribution >= 0.6 is 0 Å². The summed E-state index contributed by atoms with van der Waals surface area (Å²) in [6, 6.07) is 11.6. The SMILES string of the molecule is COc1cc(CO)ncc1-c1ccccc1. The van der Waals surface area contributed by atoms with E-state index in [0.717, 1.165) is 16.9 Å². The lowest BCUT2D eigenvalue weighted by Gasteiger charge is -2.09. The van der Waals surface area contributed by atoms with E-state index in [9.17, 15) is 0 Å². The molecule has 2 rings (SSSR count). The molecular weight excluding hydrogens is 202 g/mol. The molecule has 0 saturated carbocycles. The molecule has 1 aromatic carbocycles. The largest absolute Gasteiger partial charge is 0.496 e. The van der Waals surface area contributed by atoms with Gasteiger partial charge in [0.2, 0.25) is 0 Å². The monoisotopic (exact) mass is 215 g/mol. The van der Waals surface area contributed by atoms with Crippen LogP contribution in [0.25, 0.3) is 11.1 Å². The predicted octanol–water partition coefficient (Wildman–Crippen LogP) is 2.25. The van der Waals surface area contributed by atoms with E-state index in [2.05, 4.69) is 4.98 Å². The predicted molar refractivity (Wildman–Crippen MR) is 62.1 cm³/mol. The van der Waals surface area contributed by atoms with Crippen molar-refractivity contribution in [1.29, 1.82) is 0 Å². The van der Waals surface area contributed by atoms with E-state index in [1.54, 1.807) is 19.4 Å². The fourth-order valence-corrected chi connectivity index (χ4v) is 1.57. The molecule has 1 aromatic heterocycles. The lowest BCUT2D eigenvalue weighted by atomic mass is 10.1. The van der Waals surface area contributed by atoms with Crippen LogP contribution in [0, 0.1) is 0 Å². The van der Waals surface area contributed by atoms with Gasteiger partial charge in [-0.25, -0.2) is 0 Å². The van der Waals surface area contributed by atoms with Gasteiger partial charge in [-0.05, 0) is 5.56 Å². The van der Waals surface area contributed by atoms with Crippen LogP contribution in [-0.4, -0.2) is 17.2 Å². The summed E-state index contributed by atoms with van der Waals surface area (Å²) < 4.78 is 5.29. The Morgan fingerprint density at radius 2 is 2.00 bits per heavy atom. The molecule has 3 heteroatoms. The van der Waals surface area contributed by atoms with Crippen LogP contribution in [-0.2, 0) is 6.61 Å². The van der Waals surface area contributed by atoms with E-state index in [1.807, 2.05) is 30.3 Å². The number of benzene rings is 1. The van der Waals surface area contributed by atoms with Crippen LogP contribution in [0.1, 0.15) is 5.69 Å². The van der Waals surface area contributed by atoms with Crippen molar-refractivity contribution in [3.05, 3.63) is 48.3 Å². The number of aliphatic hydroxyl groups is 1. The highest BCUT2D eigenvalue weighted by atomic mass is 16.5. The van der Waals surface area contributed by atoms with Gasteiger partial charge < -0.3 is 9.84 Å². The lowest BCUT2D eigenvalue weighted by Crippen LogP contribution is -1.94. The van der Waals surface area contributed by atoms with E-state index in [0.29, 0.717) is 5.69 Å². The van der Waals surface area contributed by atoms with Crippen molar-refractivity contribution in [3.8, 4) is 16.9 Å². The number of hydrogen-bond acceptors (Lipinski definition) is 3. The third kappa shape index (κ3) is 2.04. The molecule has 82 valence electrons. The summed E-state index contributed by atoms with van der Waals surface area (Å²) in [7, 11) is 1.61. The maximum absolute atomic E-state index is 9.00. The van der Waals surface area contributed by atoms with E-state index in [-0.39, 0.29) is 6.61 Å². The minimum absolute atomic E-state index is 0.0779. The number of aliphatic hydroxyl groups excluding tert-OH is 1. The van der Waals surface area contributed by atoms with Gasteiger partial charge >= 0.3 is 0 Å². The van der Waals surface area contributed by atoms with Crippen LogP contribution < -0.4 is 4.74 Å². The second-order valence-electron chi connectivity index (χ2n) is 3.40. The quantitative estimate of drug-likeness (QED) is 0.853. The smallest absolute Gasteiger partial charge is 0.130 e. The molecule has 1 heterocycles. The fraction of sp³-hybridized carbons (Fsp3) is 0.154. The van der Waals surface area contributed by atoms with Crippen LogP contribution in [0.2, 0.25) is 0 Å².